The van der Waals surface area contributed by atoms with Crippen LogP contribution in [0.25, 0.3) is 55.3 Å². The van der Waals surface area contributed by atoms with Gasteiger partial charge in [-0.15, -0.1) is 0 Å². The van der Waals surface area contributed by atoms with Crippen molar-refractivity contribution in [2.75, 3.05) is 4.90 Å². The number of anilines is 3. The maximum absolute atomic E-state index is 7.10. The molecule has 0 unspecified atom stereocenters. The Hall–Kier alpha value is -7.82. The Morgan fingerprint density at radius 1 is 0.373 bits per heavy atom. The van der Waals surface area contributed by atoms with E-state index in [4.69, 9.17) is 13.9 Å². The van der Waals surface area contributed by atoms with E-state index in [2.05, 4.69) is 175 Å². The zero-order chi connectivity index (χ0) is 38.7. The molecule has 0 atom stereocenters. The van der Waals surface area contributed by atoms with E-state index in [-0.39, 0.29) is 0 Å². The number of para-hydroxylation sites is 3. The molecule has 0 saturated carbocycles. The van der Waals surface area contributed by atoms with Crippen LogP contribution in [0.1, 0.15) is 22.3 Å². The summed E-state index contributed by atoms with van der Waals surface area (Å²) in [6.45, 7) is 0. The lowest BCUT2D eigenvalue weighted by atomic mass is 9.70. The molecular formula is C55H33NO3. The van der Waals surface area contributed by atoms with Crippen molar-refractivity contribution < 1.29 is 13.9 Å². The van der Waals surface area contributed by atoms with Gasteiger partial charge in [-0.25, -0.2) is 0 Å². The van der Waals surface area contributed by atoms with E-state index < -0.39 is 5.41 Å². The molecule has 2 aliphatic carbocycles. The third-order valence-electron chi connectivity index (χ3n) is 12.6. The zero-order valence-electron chi connectivity index (χ0n) is 31.7. The SMILES string of the molecule is c1ccc(N(c2ccc(-c3cccc4oc5ccccc5c34)cc2)c2cccc3c2Oc2ccc4c(c2O3)-c2ccccc2C42c3ccccc3-c3ccccc32)cc1. The summed E-state index contributed by atoms with van der Waals surface area (Å²) >= 11 is 0. The van der Waals surface area contributed by atoms with Gasteiger partial charge >= 0.3 is 0 Å². The topological polar surface area (TPSA) is 34.8 Å². The average Bonchev–Trinajstić information content (AvgIpc) is 3.94. The van der Waals surface area contributed by atoms with Crippen molar-refractivity contribution in [3.8, 4) is 56.4 Å². The molecule has 4 heteroatoms. The van der Waals surface area contributed by atoms with Crippen LogP contribution < -0.4 is 14.4 Å². The lowest BCUT2D eigenvalue weighted by Gasteiger charge is -2.32. The first-order chi connectivity index (χ1) is 29.3. The molecule has 0 N–H and O–H groups in total. The van der Waals surface area contributed by atoms with Crippen molar-refractivity contribution in [1.82, 2.24) is 0 Å². The van der Waals surface area contributed by atoms with E-state index in [1.54, 1.807) is 0 Å². The second kappa shape index (κ2) is 12.1. The van der Waals surface area contributed by atoms with E-state index in [1.807, 2.05) is 30.3 Å². The van der Waals surface area contributed by atoms with Crippen molar-refractivity contribution in [3.05, 3.63) is 222 Å². The molecule has 0 radical (unpaired) electrons. The van der Waals surface area contributed by atoms with Crippen molar-refractivity contribution in [3.63, 3.8) is 0 Å². The standard InChI is InChI=1S/C55H33NO3/c1-2-14-35(15-3-1)56(36-30-28-34(29-31-36)37-20-12-26-48-51(37)41-19-7-11-25-47(41)57-48)46-24-13-27-49-53(46)58-50-33-32-45-52(54(50)59-49)40-18-6-10-23-44(40)55(45)42-21-8-4-16-38(42)39-17-5-9-22-43(39)55/h1-33H. The summed E-state index contributed by atoms with van der Waals surface area (Å²) in [6.07, 6.45) is 0. The molecule has 59 heavy (non-hydrogen) atoms. The van der Waals surface area contributed by atoms with E-state index in [1.165, 1.54) is 38.9 Å². The van der Waals surface area contributed by atoms with Gasteiger partial charge in [0.25, 0.3) is 0 Å². The largest absolute Gasteiger partial charge is 0.456 e. The van der Waals surface area contributed by atoms with Gasteiger partial charge in [0.1, 0.15) is 11.2 Å². The maximum Gasteiger partial charge on any atom is 0.194 e. The lowest BCUT2D eigenvalue weighted by molar-refractivity contribution is 0.361. The van der Waals surface area contributed by atoms with Crippen LogP contribution >= 0.6 is 0 Å². The number of furan rings is 1. The Morgan fingerprint density at radius 2 is 0.949 bits per heavy atom. The van der Waals surface area contributed by atoms with Crippen LogP contribution in [0, 0.1) is 0 Å². The van der Waals surface area contributed by atoms with E-state index >= 15 is 0 Å². The minimum Gasteiger partial charge on any atom is -0.456 e. The molecule has 0 amide bonds. The van der Waals surface area contributed by atoms with Crippen LogP contribution in [-0.2, 0) is 5.41 Å². The normalized spacial score (nSPS) is 13.5. The lowest BCUT2D eigenvalue weighted by Crippen LogP contribution is -2.25. The number of nitrogens with zero attached hydrogens (tertiary/aromatic N) is 1. The van der Waals surface area contributed by atoms with Gasteiger partial charge in [-0.3, -0.25) is 0 Å². The average molecular weight is 756 g/mol. The Balaban J connectivity index is 0.945. The van der Waals surface area contributed by atoms with Crippen LogP contribution in [0.2, 0.25) is 0 Å². The number of hydrogen-bond donors (Lipinski definition) is 0. The molecule has 0 fully saturated rings. The summed E-state index contributed by atoms with van der Waals surface area (Å²) in [7, 11) is 0. The predicted molar refractivity (Wildman–Crippen MR) is 237 cm³/mol. The number of benzene rings is 9. The first-order valence-corrected chi connectivity index (χ1v) is 20.1. The molecule has 1 aromatic heterocycles. The summed E-state index contributed by atoms with van der Waals surface area (Å²) in [6, 6.07) is 70.8. The highest BCUT2D eigenvalue weighted by Gasteiger charge is 2.53. The van der Waals surface area contributed by atoms with Gasteiger partial charge in [0.05, 0.1) is 11.1 Å². The van der Waals surface area contributed by atoms with Crippen LogP contribution in [0.4, 0.5) is 17.1 Å². The van der Waals surface area contributed by atoms with E-state index in [0.717, 1.165) is 61.4 Å². The van der Waals surface area contributed by atoms with Gasteiger partial charge < -0.3 is 18.8 Å². The molecule has 10 aromatic rings. The number of rotatable bonds is 4. The molecule has 0 saturated heterocycles. The Morgan fingerprint density at radius 3 is 1.73 bits per heavy atom. The second-order valence-corrected chi connectivity index (χ2v) is 15.5. The second-order valence-electron chi connectivity index (χ2n) is 15.5. The van der Waals surface area contributed by atoms with Crippen molar-refractivity contribution in [1.29, 1.82) is 0 Å². The van der Waals surface area contributed by atoms with E-state index in [9.17, 15) is 0 Å². The highest BCUT2D eigenvalue weighted by Crippen LogP contribution is 2.66. The Bertz CT molecular complexity index is 3300. The molecular weight excluding hydrogens is 723 g/mol. The molecule has 1 aliphatic heterocycles. The Kier molecular flexibility index (Phi) is 6.62. The molecule has 2 heterocycles. The molecule has 0 bridgehead atoms. The third kappa shape index (κ3) is 4.37. The highest BCUT2D eigenvalue weighted by atomic mass is 16.6. The first-order valence-electron chi connectivity index (χ1n) is 20.1. The van der Waals surface area contributed by atoms with Crippen LogP contribution in [-0.4, -0.2) is 0 Å². The van der Waals surface area contributed by atoms with Crippen LogP contribution in [0.15, 0.2) is 205 Å². The van der Waals surface area contributed by atoms with Crippen LogP contribution in [0.3, 0.4) is 0 Å². The molecule has 9 aromatic carbocycles. The van der Waals surface area contributed by atoms with Crippen LogP contribution in [0.5, 0.6) is 23.0 Å². The van der Waals surface area contributed by atoms with Gasteiger partial charge in [-0.2, -0.15) is 0 Å². The summed E-state index contributed by atoms with van der Waals surface area (Å²) in [5.74, 6) is 2.78. The number of ether oxygens (including phenoxy) is 2. The van der Waals surface area contributed by atoms with Gasteiger partial charge in [0.15, 0.2) is 23.0 Å². The quantitative estimate of drug-likeness (QED) is 0.179. The fourth-order valence-electron chi connectivity index (χ4n) is 10.2. The summed E-state index contributed by atoms with van der Waals surface area (Å²) in [5.41, 5.74) is 16.3. The predicted octanol–water partition coefficient (Wildman–Crippen LogP) is 15.0. The zero-order valence-corrected chi connectivity index (χ0v) is 31.7. The third-order valence-corrected chi connectivity index (χ3v) is 12.6. The van der Waals surface area contributed by atoms with Crippen molar-refractivity contribution in [2.24, 2.45) is 0 Å². The maximum atomic E-state index is 7.10. The molecule has 4 nitrogen and oxygen atoms in total. The molecule has 276 valence electrons. The van der Waals surface area contributed by atoms with Crippen molar-refractivity contribution >= 4 is 39.0 Å². The monoisotopic (exact) mass is 755 g/mol. The minimum absolute atomic E-state index is 0.466. The van der Waals surface area contributed by atoms with Crippen molar-refractivity contribution in [2.45, 2.75) is 5.41 Å². The number of hydrogen-bond acceptors (Lipinski definition) is 4. The molecule has 3 aliphatic rings. The molecule has 13 rings (SSSR count). The minimum atomic E-state index is -0.466. The molecule has 1 spiro atoms. The first kappa shape index (κ1) is 32.3. The van der Waals surface area contributed by atoms with Gasteiger partial charge in [0.2, 0.25) is 0 Å². The summed E-state index contributed by atoms with van der Waals surface area (Å²) < 4.78 is 20.4. The number of fused-ring (bicyclic) bond motifs is 16. The fourth-order valence-corrected chi connectivity index (χ4v) is 10.2. The fraction of sp³-hybridized carbons (Fsp3) is 0.0182. The summed E-state index contributed by atoms with van der Waals surface area (Å²) in [4.78, 5) is 2.24. The summed E-state index contributed by atoms with van der Waals surface area (Å²) in [5, 5.41) is 2.24. The smallest absolute Gasteiger partial charge is 0.194 e. The van der Waals surface area contributed by atoms with Gasteiger partial charge in [-0.05, 0) is 105 Å². The highest BCUT2D eigenvalue weighted by molar-refractivity contribution is 6.12. The van der Waals surface area contributed by atoms with E-state index in [0.29, 0.717) is 17.2 Å². The van der Waals surface area contributed by atoms with Gasteiger partial charge in [0, 0.05) is 27.7 Å². The Labute approximate surface area is 340 Å². The van der Waals surface area contributed by atoms with Gasteiger partial charge in [-0.1, -0.05) is 146 Å².